The molecule has 4 rings (SSSR count). The van der Waals surface area contributed by atoms with Crippen LogP contribution < -0.4 is 5.76 Å². The van der Waals surface area contributed by atoms with E-state index >= 15 is 0 Å². The highest BCUT2D eigenvalue weighted by Crippen LogP contribution is 2.15. The maximum Gasteiger partial charge on any atom is 0.419 e. The molecule has 150 valence electrons. The van der Waals surface area contributed by atoms with Crippen LogP contribution in [-0.2, 0) is 22.5 Å². The lowest BCUT2D eigenvalue weighted by Crippen LogP contribution is -2.16. The Morgan fingerprint density at radius 1 is 1.24 bits per heavy atom. The molecule has 0 fully saturated rings. The molecule has 29 heavy (non-hydrogen) atoms. The van der Waals surface area contributed by atoms with Crippen LogP contribution in [0.1, 0.15) is 29.8 Å². The minimum Gasteiger partial charge on any atom is -0.466 e. The average Bonchev–Trinajstić information content (AvgIpc) is 3.29. The van der Waals surface area contributed by atoms with Gasteiger partial charge in [-0.3, -0.25) is 9.36 Å². The van der Waals surface area contributed by atoms with Crippen molar-refractivity contribution in [3.05, 3.63) is 58.1 Å². The summed E-state index contributed by atoms with van der Waals surface area (Å²) >= 11 is 0. The van der Waals surface area contributed by atoms with Gasteiger partial charge >= 0.3 is 11.7 Å². The van der Waals surface area contributed by atoms with Crippen LogP contribution in [0.5, 0.6) is 0 Å². The Bertz CT molecular complexity index is 1240. The van der Waals surface area contributed by atoms with Crippen molar-refractivity contribution in [2.75, 3.05) is 6.61 Å². The molecule has 9 nitrogen and oxygen atoms in total. The Morgan fingerprint density at radius 3 is 2.93 bits per heavy atom. The molecule has 0 aliphatic heterocycles. The molecule has 0 unspecified atom stereocenters. The third-order valence-electron chi connectivity index (χ3n) is 4.93. The van der Waals surface area contributed by atoms with Crippen molar-refractivity contribution in [2.45, 2.75) is 39.7 Å². The smallest absolute Gasteiger partial charge is 0.419 e. The van der Waals surface area contributed by atoms with Crippen molar-refractivity contribution >= 4 is 22.8 Å². The summed E-state index contributed by atoms with van der Waals surface area (Å²) in [6.07, 6.45) is 2.75. The summed E-state index contributed by atoms with van der Waals surface area (Å²) in [5, 5.41) is 4.15. The quantitative estimate of drug-likeness (QED) is 0.349. The standard InChI is InChI=1S/C20H21N5O4/c1-13-15(14(2)25-19(23-13)21-12-22-25)8-9-18(26)28-11-5-10-24-16-6-3-4-7-17(16)29-20(24)27/h3-4,6-7,12H,5,8-11H2,1-2H3. The molecule has 0 radical (unpaired) electrons. The van der Waals surface area contributed by atoms with Gasteiger partial charge in [0.2, 0.25) is 0 Å². The number of fused-ring (bicyclic) bond motifs is 2. The lowest BCUT2D eigenvalue weighted by molar-refractivity contribution is -0.143. The fourth-order valence-corrected chi connectivity index (χ4v) is 3.45. The first-order valence-electron chi connectivity index (χ1n) is 9.44. The van der Waals surface area contributed by atoms with Gasteiger partial charge in [-0.05, 0) is 44.4 Å². The monoisotopic (exact) mass is 395 g/mol. The van der Waals surface area contributed by atoms with E-state index in [2.05, 4.69) is 15.1 Å². The Labute approximate surface area is 165 Å². The first kappa shape index (κ1) is 18.9. The van der Waals surface area contributed by atoms with Crippen molar-refractivity contribution in [3.8, 4) is 0 Å². The Hall–Kier alpha value is -3.49. The average molecular weight is 395 g/mol. The number of ether oxygens (including phenoxy) is 1. The molecule has 0 bridgehead atoms. The summed E-state index contributed by atoms with van der Waals surface area (Å²) in [5.74, 6) is -0.139. The molecule has 4 aromatic rings. The van der Waals surface area contributed by atoms with Gasteiger partial charge in [0.1, 0.15) is 6.33 Å². The van der Waals surface area contributed by atoms with Crippen LogP contribution in [0.3, 0.4) is 0 Å². The van der Waals surface area contributed by atoms with Crippen molar-refractivity contribution in [1.29, 1.82) is 0 Å². The predicted molar refractivity (Wildman–Crippen MR) is 105 cm³/mol. The van der Waals surface area contributed by atoms with Crippen molar-refractivity contribution in [2.24, 2.45) is 0 Å². The number of aryl methyl sites for hydroxylation is 3. The van der Waals surface area contributed by atoms with Gasteiger partial charge in [0.25, 0.3) is 5.78 Å². The van der Waals surface area contributed by atoms with Gasteiger partial charge in [-0.1, -0.05) is 12.1 Å². The van der Waals surface area contributed by atoms with Gasteiger partial charge in [-0.2, -0.15) is 10.1 Å². The molecule has 1 aromatic carbocycles. The largest absolute Gasteiger partial charge is 0.466 e. The minimum atomic E-state index is -0.403. The second-order valence-corrected chi connectivity index (χ2v) is 6.79. The van der Waals surface area contributed by atoms with E-state index in [1.807, 2.05) is 32.0 Å². The number of esters is 1. The van der Waals surface area contributed by atoms with Gasteiger partial charge in [0.15, 0.2) is 5.58 Å². The highest BCUT2D eigenvalue weighted by Gasteiger charge is 2.13. The summed E-state index contributed by atoms with van der Waals surface area (Å²) < 4.78 is 13.7. The number of carbonyl (C=O) groups is 1. The lowest BCUT2D eigenvalue weighted by atomic mass is 10.1. The zero-order chi connectivity index (χ0) is 20.4. The SMILES string of the molecule is Cc1nc2ncnn2c(C)c1CCC(=O)OCCCn1c(=O)oc2ccccc21. The molecule has 0 aliphatic carbocycles. The van der Waals surface area contributed by atoms with Crippen LogP contribution in [0, 0.1) is 13.8 Å². The lowest BCUT2D eigenvalue weighted by Gasteiger charge is -2.10. The number of para-hydroxylation sites is 2. The van der Waals surface area contributed by atoms with E-state index in [1.54, 1.807) is 15.1 Å². The van der Waals surface area contributed by atoms with Crippen molar-refractivity contribution in [3.63, 3.8) is 0 Å². The Kier molecular flexibility index (Phi) is 5.11. The topological polar surface area (TPSA) is 105 Å². The second-order valence-electron chi connectivity index (χ2n) is 6.79. The Balaban J connectivity index is 1.30. The van der Waals surface area contributed by atoms with Crippen LogP contribution in [-0.4, -0.2) is 36.7 Å². The molecule has 0 amide bonds. The molecule has 0 N–H and O–H groups in total. The summed E-state index contributed by atoms with van der Waals surface area (Å²) in [7, 11) is 0. The van der Waals surface area contributed by atoms with Crippen LogP contribution in [0.4, 0.5) is 0 Å². The fourth-order valence-electron chi connectivity index (χ4n) is 3.45. The maximum atomic E-state index is 12.1. The third kappa shape index (κ3) is 3.75. The molecular formula is C20H21N5O4. The minimum absolute atomic E-state index is 0.239. The molecule has 0 atom stereocenters. The number of hydrogen-bond acceptors (Lipinski definition) is 7. The molecular weight excluding hydrogens is 374 g/mol. The van der Waals surface area contributed by atoms with Crippen LogP contribution in [0.2, 0.25) is 0 Å². The van der Waals surface area contributed by atoms with Gasteiger partial charge < -0.3 is 9.15 Å². The fraction of sp³-hybridized carbons (Fsp3) is 0.350. The molecule has 9 heteroatoms. The van der Waals surface area contributed by atoms with E-state index < -0.39 is 5.76 Å². The summed E-state index contributed by atoms with van der Waals surface area (Å²) in [4.78, 5) is 32.6. The summed E-state index contributed by atoms with van der Waals surface area (Å²) in [5.41, 5.74) is 4.02. The predicted octanol–water partition coefficient (Wildman–Crippen LogP) is 2.22. The molecule has 3 aromatic heterocycles. The van der Waals surface area contributed by atoms with E-state index in [9.17, 15) is 9.59 Å². The summed E-state index contributed by atoms with van der Waals surface area (Å²) in [6, 6.07) is 7.25. The number of aromatic nitrogens is 5. The molecule has 0 aliphatic rings. The third-order valence-corrected chi connectivity index (χ3v) is 4.93. The van der Waals surface area contributed by atoms with Gasteiger partial charge in [-0.15, -0.1) is 0 Å². The van der Waals surface area contributed by atoms with E-state index in [-0.39, 0.29) is 19.0 Å². The van der Waals surface area contributed by atoms with Gasteiger partial charge in [0, 0.05) is 24.4 Å². The number of oxazole rings is 1. The van der Waals surface area contributed by atoms with E-state index in [0.29, 0.717) is 30.7 Å². The highest BCUT2D eigenvalue weighted by atomic mass is 16.5. The zero-order valence-electron chi connectivity index (χ0n) is 16.3. The van der Waals surface area contributed by atoms with Crippen LogP contribution in [0.25, 0.3) is 16.9 Å². The first-order chi connectivity index (χ1) is 14.0. The van der Waals surface area contributed by atoms with Gasteiger partial charge in [0.05, 0.1) is 12.1 Å². The number of hydrogen-bond donors (Lipinski definition) is 0. The van der Waals surface area contributed by atoms with Gasteiger partial charge in [-0.25, -0.2) is 14.3 Å². The molecule has 0 spiro atoms. The van der Waals surface area contributed by atoms with E-state index in [0.717, 1.165) is 22.5 Å². The van der Waals surface area contributed by atoms with Crippen LogP contribution in [0.15, 0.2) is 39.8 Å². The normalized spacial score (nSPS) is 11.4. The van der Waals surface area contributed by atoms with Crippen LogP contribution >= 0.6 is 0 Å². The number of benzene rings is 1. The van der Waals surface area contributed by atoms with Crippen molar-refractivity contribution < 1.29 is 13.9 Å². The first-order valence-corrected chi connectivity index (χ1v) is 9.44. The second kappa shape index (κ2) is 7.86. The number of nitrogens with zero attached hydrogens (tertiary/aromatic N) is 5. The summed E-state index contributed by atoms with van der Waals surface area (Å²) in [6.45, 7) is 4.50. The van der Waals surface area contributed by atoms with E-state index in [4.69, 9.17) is 9.15 Å². The Morgan fingerprint density at radius 2 is 2.07 bits per heavy atom. The number of carbonyl (C=O) groups excluding carboxylic acids is 1. The molecule has 0 saturated heterocycles. The highest BCUT2D eigenvalue weighted by molar-refractivity contribution is 5.72. The molecule has 3 heterocycles. The van der Waals surface area contributed by atoms with E-state index in [1.165, 1.54) is 6.33 Å². The van der Waals surface area contributed by atoms with Crippen molar-refractivity contribution in [1.82, 2.24) is 24.1 Å². The zero-order valence-corrected chi connectivity index (χ0v) is 16.3. The molecule has 0 saturated carbocycles. The maximum absolute atomic E-state index is 12.1. The number of rotatable bonds is 7.